The summed E-state index contributed by atoms with van der Waals surface area (Å²) in [6.45, 7) is 3.32. The second-order valence-corrected chi connectivity index (χ2v) is 6.53. The van der Waals surface area contributed by atoms with Crippen LogP contribution in [0.25, 0.3) is 0 Å². The first kappa shape index (κ1) is 15.1. The van der Waals surface area contributed by atoms with Gasteiger partial charge in [-0.1, -0.05) is 54.6 Å². The quantitative estimate of drug-likeness (QED) is 0.775. The van der Waals surface area contributed by atoms with Crippen molar-refractivity contribution >= 4 is 11.8 Å². The van der Waals surface area contributed by atoms with Crippen molar-refractivity contribution in [2.24, 2.45) is 0 Å². The average molecular weight is 285 g/mol. The fraction of sp³-hybridized carbons (Fsp3) is 0.333. The van der Waals surface area contributed by atoms with Crippen LogP contribution in [0, 0.1) is 6.92 Å². The monoisotopic (exact) mass is 285 g/mol. The van der Waals surface area contributed by atoms with Gasteiger partial charge >= 0.3 is 0 Å². The molecule has 0 saturated heterocycles. The summed E-state index contributed by atoms with van der Waals surface area (Å²) in [7, 11) is 4.26. The third kappa shape index (κ3) is 4.12. The molecule has 20 heavy (non-hydrogen) atoms. The Morgan fingerprint density at radius 2 is 1.60 bits per heavy atom. The molecule has 0 aliphatic carbocycles. The Morgan fingerprint density at radius 3 is 2.25 bits per heavy atom. The van der Waals surface area contributed by atoms with Gasteiger partial charge in [-0.15, -0.1) is 11.8 Å². The number of hydrogen-bond donors (Lipinski definition) is 0. The van der Waals surface area contributed by atoms with Crippen LogP contribution in [0.3, 0.4) is 0 Å². The van der Waals surface area contributed by atoms with Crippen molar-refractivity contribution in [2.75, 3.05) is 26.4 Å². The molecule has 0 aliphatic rings. The fourth-order valence-corrected chi connectivity index (χ4v) is 3.73. The summed E-state index contributed by atoms with van der Waals surface area (Å²) in [6, 6.07) is 19.5. The van der Waals surface area contributed by atoms with Crippen LogP contribution in [-0.2, 0) is 0 Å². The fourth-order valence-electron chi connectivity index (χ4n) is 2.23. The van der Waals surface area contributed by atoms with Crippen molar-refractivity contribution < 1.29 is 0 Å². The van der Waals surface area contributed by atoms with Crippen LogP contribution in [0.15, 0.2) is 54.6 Å². The van der Waals surface area contributed by atoms with Gasteiger partial charge in [0.05, 0.1) is 5.25 Å². The Morgan fingerprint density at radius 1 is 0.950 bits per heavy atom. The van der Waals surface area contributed by atoms with E-state index in [0.717, 1.165) is 12.3 Å². The van der Waals surface area contributed by atoms with Gasteiger partial charge in [0.2, 0.25) is 0 Å². The molecule has 106 valence electrons. The molecule has 2 rings (SSSR count). The molecule has 0 aromatic heterocycles. The first-order valence-electron chi connectivity index (χ1n) is 7.05. The van der Waals surface area contributed by atoms with E-state index in [1.54, 1.807) is 0 Å². The zero-order valence-corrected chi connectivity index (χ0v) is 13.4. The first-order valence-corrected chi connectivity index (χ1v) is 8.10. The minimum Gasteiger partial charge on any atom is -0.309 e. The Kier molecular flexibility index (Phi) is 5.69. The van der Waals surface area contributed by atoms with E-state index in [9.17, 15) is 0 Å². The van der Waals surface area contributed by atoms with Gasteiger partial charge in [0.1, 0.15) is 0 Å². The van der Waals surface area contributed by atoms with Gasteiger partial charge < -0.3 is 4.90 Å². The average Bonchev–Trinajstić information content (AvgIpc) is 2.45. The van der Waals surface area contributed by atoms with E-state index < -0.39 is 0 Å². The summed E-state index contributed by atoms with van der Waals surface area (Å²) in [5, 5.41) is 0.428. The molecule has 2 heteroatoms. The minimum absolute atomic E-state index is 0.428. The van der Waals surface area contributed by atoms with Crippen LogP contribution in [0.4, 0.5) is 0 Å². The van der Waals surface area contributed by atoms with Gasteiger partial charge in [0, 0.05) is 12.3 Å². The van der Waals surface area contributed by atoms with Crippen molar-refractivity contribution in [1.82, 2.24) is 4.90 Å². The Balaban J connectivity index is 2.23. The Labute approximate surface area is 127 Å². The van der Waals surface area contributed by atoms with E-state index in [0.29, 0.717) is 5.25 Å². The molecular formula is C18H23NS. The Hall–Kier alpha value is -1.25. The molecule has 0 fully saturated rings. The largest absolute Gasteiger partial charge is 0.309 e. The standard InChI is InChI=1S/C18H23NS/c1-15-9-7-8-12-17(15)18(20-14-13-19(2)3)16-10-5-4-6-11-16/h4-12,18H,13-14H2,1-3H3/t18-/m0/s1. The predicted octanol–water partition coefficient (Wildman–Crippen LogP) is 4.38. The summed E-state index contributed by atoms with van der Waals surface area (Å²) >= 11 is 2.03. The number of rotatable bonds is 6. The first-order chi connectivity index (χ1) is 9.68. The molecule has 0 aliphatic heterocycles. The molecule has 0 amide bonds. The van der Waals surface area contributed by atoms with Crippen molar-refractivity contribution in [3.8, 4) is 0 Å². The normalized spacial score (nSPS) is 12.6. The van der Waals surface area contributed by atoms with E-state index in [4.69, 9.17) is 0 Å². The van der Waals surface area contributed by atoms with Crippen molar-refractivity contribution in [1.29, 1.82) is 0 Å². The van der Waals surface area contributed by atoms with Crippen molar-refractivity contribution in [2.45, 2.75) is 12.2 Å². The minimum atomic E-state index is 0.428. The third-order valence-corrected chi connectivity index (χ3v) is 4.67. The summed E-state index contributed by atoms with van der Waals surface area (Å²) in [4.78, 5) is 2.24. The molecular weight excluding hydrogens is 262 g/mol. The third-order valence-electron chi connectivity index (χ3n) is 3.40. The second-order valence-electron chi connectivity index (χ2n) is 5.32. The predicted molar refractivity (Wildman–Crippen MR) is 90.5 cm³/mol. The number of benzene rings is 2. The van der Waals surface area contributed by atoms with E-state index in [1.165, 1.54) is 16.7 Å². The molecule has 0 unspecified atom stereocenters. The van der Waals surface area contributed by atoms with Crippen molar-refractivity contribution in [3.05, 3.63) is 71.3 Å². The zero-order valence-electron chi connectivity index (χ0n) is 12.5. The lowest BCUT2D eigenvalue weighted by Crippen LogP contribution is -2.15. The topological polar surface area (TPSA) is 3.24 Å². The van der Waals surface area contributed by atoms with Crippen molar-refractivity contribution in [3.63, 3.8) is 0 Å². The lowest BCUT2D eigenvalue weighted by Gasteiger charge is -2.20. The van der Waals surface area contributed by atoms with Gasteiger partial charge in [-0.05, 0) is 37.7 Å². The highest BCUT2D eigenvalue weighted by atomic mass is 32.2. The van der Waals surface area contributed by atoms with Crippen LogP contribution in [0.2, 0.25) is 0 Å². The lowest BCUT2D eigenvalue weighted by atomic mass is 10.0. The van der Waals surface area contributed by atoms with Gasteiger partial charge in [0.25, 0.3) is 0 Å². The number of thioether (sulfide) groups is 1. The maximum Gasteiger partial charge on any atom is 0.0549 e. The van der Waals surface area contributed by atoms with Crippen LogP contribution in [-0.4, -0.2) is 31.3 Å². The SMILES string of the molecule is Cc1ccccc1[C@@H](SCCN(C)C)c1ccccc1. The smallest absolute Gasteiger partial charge is 0.0549 e. The van der Waals surface area contributed by atoms with E-state index in [2.05, 4.69) is 80.5 Å². The molecule has 0 bridgehead atoms. The summed E-state index contributed by atoms with van der Waals surface area (Å²) < 4.78 is 0. The molecule has 0 spiro atoms. The van der Waals surface area contributed by atoms with Crippen LogP contribution in [0.5, 0.6) is 0 Å². The molecule has 0 N–H and O–H groups in total. The Bertz CT molecular complexity index is 522. The highest BCUT2D eigenvalue weighted by Gasteiger charge is 2.16. The zero-order chi connectivity index (χ0) is 14.4. The van der Waals surface area contributed by atoms with E-state index >= 15 is 0 Å². The molecule has 0 heterocycles. The lowest BCUT2D eigenvalue weighted by molar-refractivity contribution is 0.437. The molecule has 2 aromatic carbocycles. The molecule has 1 nitrogen and oxygen atoms in total. The van der Waals surface area contributed by atoms with Crippen LogP contribution in [0.1, 0.15) is 21.9 Å². The second kappa shape index (κ2) is 7.51. The van der Waals surface area contributed by atoms with E-state index in [-0.39, 0.29) is 0 Å². The van der Waals surface area contributed by atoms with Gasteiger partial charge in [0.15, 0.2) is 0 Å². The van der Waals surface area contributed by atoms with Crippen LogP contribution >= 0.6 is 11.8 Å². The maximum atomic E-state index is 2.26. The summed E-state index contributed by atoms with van der Waals surface area (Å²) in [6.07, 6.45) is 0. The molecule has 1 atom stereocenters. The molecule has 0 radical (unpaired) electrons. The maximum absolute atomic E-state index is 2.26. The number of aryl methyl sites for hydroxylation is 1. The highest BCUT2D eigenvalue weighted by Crippen LogP contribution is 2.36. The number of nitrogens with zero attached hydrogens (tertiary/aromatic N) is 1. The number of hydrogen-bond acceptors (Lipinski definition) is 2. The van der Waals surface area contributed by atoms with E-state index in [1.807, 2.05) is 11.8 Å². The van der Waals surface area contributed by atoms with Crippen LogP contribution < -0.4 is 0 Å². The van der Waals surface area contributed by atoms with Gasteiger partial charge in [-0.25, -0.2) is 0 Å². The van der Waals surface area contributed by atoms with Gasteiger partial charge in [-0.3, -0.25) is 0 Å². The molecule has 0 saturated carbocycles. The molecule has 2 aromatic rings. The summed E-state index contributed by atoms with van der Waals surface area (Å²) in [5.41, 5.74) is 4.20. The summed E-state index contributed by atoms with van der Waals surface area (Å²) in [5.74, 6) is 1.14. The highest BCUT2D eigenvalue weighted by molar-refractivity contribution is 7.99. The van der Waals surface area contributed by atoms with Gasteiger partial charge in [-0.2, -0.15) is 0 Å².